The van der Waals surface area contributed by atoms with Crippen LogP contribution >= 0.6 is 0 Å². The fraction of sp³-hybridized carbons (Fsp3) is 0.932. The Bertz CT molecular complexity index is 827. The number of esters is 3. The summed E-state index contributed by atoms with van der Waals surface area (Å²) in [6.45, 7) is 15.5. The number of piperidine rings is 1. The molecule has 1 N–H and O–H groups in total. The van der Waals surface area contributed by atoms with E-state index in [9.17, 15) is 14.4 Å². The van der Waals surface area contributed by atoms with Gasteiger partial charge in [0.05, 0.1) is 24.0 Å². The summed E-state index contributed by atoms with van der Waals surface area (Å²) in [6.07, 6.45) is 28.7. The van der Waals surface area contributed by atoms with Gasteiger partial charge in [-0.2, -0.15) is 0 Å². The third-order valence-electron chi connectivity index (χ3n) is 10.9. The first-order valence-electron chi connectivity index (χ1n) is 21.8. The fourth-order valence-electron chi connectivity index (χ4n) is 7.09. The quantitative estimate of drug-likeness (QED) is 0.0410. The minimum Gasteiger partial charge on any atom is -0.465 e. The summed E-state index contributed by atoms with van der Waals surface area (Å²) in [4.78, 5) is 38.5. The zero-order chi connectivity index (χ0) is 37.6. The predicted octanol–water partition coefficient (Wildman–Crippen LogP) is 11.8. The summed E-state index contributed by atoms with van der Waals surface area (Å²) in [6, 6.07) is 0. The Hall–Kier alpha value is -1.63. The van der Waals surface area contributed by atoms with E-state index in [-0.39, 0.29) is 24.0 Å². The maximum Gasteiger partial charge on any atom is 0.311 e. The van der Waals surface area contributed by atoms with Gasteiger partial charge in [-0.3, -0.25) is 14.4 Å². The normalized spacial score (nSPS) is 14.2. The monoisotopic (exact) mass is 722 g/mol. The van der Waals surface area contributed by atoms with E-state index in [1.165, 1.54) is 64.2 Å². The first-order chi connectivity index (χ1) is 24.5. The Balaban J connectivity index is 2.40. The summed E-state index contributed by atoms with van der Waals surface area (Å²) in [5.41, 5.74) is -0.953. The second-order valence-corrected chi connectivity index (χ2v) is 17.0. The van der Waals surface area contributed by atoms with Crippen molar-refractivity contribution in [2.24, 2.45) is 16.7 Å². The highest BCUT2D eigenvalue weighted by Crippen LogP contribution is 2.28. The summed E-state index contributed by atoms with van der Waals surface area (Å²) in [5, 5.41) is 3.38. The first-order valence-corrected chi connectivity index (χ1v) is 21.8. The van der Waals surface area contributed by atoms with Crippen LogP contribution in [-0.2, 0) is 28.6 Å². The molecule has 0 aromatic heterocycles. The maximum atomic E-state index is 12.9. The van der Waals surface area contributed by atoms with Gasteiger partial charge < -0.3 is 19.5 Å². The molecule has 0 amide bonds. The average Bonchev–Trinajstić information content (AvgIpc) is 3.10. The van der Waals surface area contributed by atoms with Crippen molar-refractivity contribution in [2.75, 3.05) is 26.3 Å². The van der Waals surface area contributed by atoms with E-state index in [0.29, 0.717) is 25.6 Å². The Morgan fingerprint density at radius 2 is 0.961 bits per heavy atom. The molecule has 0 saturated carbocycles. The SMILES string of the molecule is CCCCCCCCCOC(=O)C(C)(C)CCCCCC(CCCCCC(C)(C)C(=O)OCCCCCCCCC)OC(=O)CC1CCNCC1. The van der Waals surface area contributed by atoms with Crippen molar-refractivity contribution in [2.45, 2.75) is 221 Å². The number of rotatable bonds is 33. The van der Waals surface area contributed by atoms with Crippen molar-refractivity contribution in [3.05, 3.63) is 0 Å². The molecule has 0 aromatic rings. The van der Waals surface area contributed by atoms with Gasteiger partial charge in [-0.25, -0.2) is 0 Å². The van der Waals surface area contributed by atoms with Gasteiger partial charge in [-0.1, -0.05) is 117 Å². The second kappa shape index (κ2) is 29.8. The highest BCUT2D eigenvalue weighted by Gasteiger charge is 2.30. The van der Waals surface area contributed by atoms with E-state index in [2.05, 4.69) is 19.2 Å². The lowest BCUT2D eigenvalue weighted by Gasteiger charge is -2.24. The van der Waals surface area contributed by atoms with E-state index in [0.717, 1.165) is 116 Å². The van der Waals surface area contributed by atoms with Crippen LogP contribution in [0.3, 0.4) is 0 Å². The zero-order valence-electron chi connectivity index (χ0n) is 34.5. The van der Waals surface area contributed by atoms with Crippen molar-refractivity contribution < 1.29 is 28.6 Å². The molecule has 1 aliphatic rings. The van der Waals surface area contributed by atoms with Crippen LogP contribution in [0, 0.1) is 16.7 Å². The number of hydrogen-bond acceptors (Lipinski definition) is 7. The van der Waals surface area contributed by atoms with Crippen molar-refractivity contribution >= 4 is 17.9 Å². The van der Waals surface area contributed by atoms with Crippen molar-refractivity contribution in [1.29, 1.82) is 0 Å². The van der Waals surface area contributed by atoms with Gasteiger partial charge >= 0.3 is 17.9 Å². The minimum absolute atomic E-state index is 0.0541. The van der Waals surface area contributed by atoms with E-state index in [1.807, 2.05) is 27.7 Å². The van der Waals surface area contributed by atoms with E-state index in [4.69, 9.17) is 14.2 Å². The minimum atomic E-state index is -0.476. The molecule has 7 heteroatoms. The fourth-order valence-corrected chi connectivity index (χ4v) is 7.09. The molecule has 0 aliphatic carbocycles. The van der Waals surface area contributed by atoms with Crippen LogP contribution in [0.2, 0.25) is 0 Å². The van der Waals surface area contributed by atoms with Gasteiger partial charge in [-0.05, 0) is 111 Å². The molecule has 1 rings (SSSR count). The second-order valence-electron chi connectivity index (χ2n) is 17.0. The van der Waals surface area contributed by atoms with Gasteiger partial charge in [0.25, 0.3) is 0 Å². The Labute approximate surface area is 315 Å². The van der Waals surface area contributed by atoms with E-state index >= 15 is 0 Å². The molecular formula is C44H83NO6. The van der Waals surface area contributed by atoms with Crippen molar-refractivity contribution in [3.8, 4) is 0 Å². The van der Waals surface area contributed by atoms with Gasteiger partial charge in [0, 0.05) is 6.42 Å². The number of carbonyl (C=O) groups is 3. The number of hydrogen-bond donors (Lipinski definition) is 1. The van der Waals surface area contributed by atoms with Gasteiger partial charge in [-0.15, -0.1) is 0 Å². The highest BCUT2D eigenvalue weighted by atomic mass is 16.5. The van der Waals surface area contributed by atoms with Gasteiger partial charge in [0.1, 0.15) is 6.10 Å². The molecule has 0 bridgehead atoms. The lowest BCUT2D eigenvalue weighted by Crippen LogP contribution is -2.30. The third-order valence-corrected chi connectivity index (χ3v) is 10.9. The van der Waals surface area contributed by atoms with Gasteiger partial charge in [0.2, 0.25) is 0 Å². The molecule has 1 aliphatic heterocycles. The smallest absolute Gasteiger partial charge is 0.311 e. The summed E-state index contributed by atoms with van der Waals surface area (Å²) < 4.78 is 17.4. The van der Waals surface area contributed by atoms with Crippen LogP contribution < -0.4 is 5.32 Å². The summed E-state index contributed by atoms with van der Waals surface area (Å²) >= 11 is 0. The molecule has 0 spiro atoms. The van der Waals surface area contributed by atoms with E-state index < -0.39 is 10.8 Å². The highest BCUT2D eigenvalue weighted by molar-refractivity contribution is 5.76. The molecule has 1 heterocycles. The molecule has 7 nitrogen and oxygen atoms in total. The van der Waals surface area contributed by atoms with Crippen LogP contribution in [-0.4, -0.2) is 50.3 Å². The molecule has 1 saturated heterocycles. The molecule has 1 fully saturated rings. The Morgan fingerprint density at radius 3 is 1.39 bits per heavy atom. The van der Waals surface area contributed by atoms with Crippen LogP contribution in [0.25, 0.3) is 0 Å². The summed E-state index contributed by atoms with van der Waals surface area (Å²) in [7, 11) is 0. The van der Waals surface area contributed by atoms with Crippen LogP contribution in [0.15, 0.2) is 0 Å². The molecule has 0 aromatic carbocycles. The topological polar surface area (TPSA) is 90.9 Å². The lowest BCUT2D eigenvalue weighted by atomic mass is 9.86. The third kappa shape index (κ3) is 25.1. The molecule has 0 radical (unpaired) electrons. The van der Waals surface area contributed by atoms with Crippen LogP contribution in [0.5, 0.6) is 0 Å². The Kier molecular flexibility index (Phi) is 27.7. The summed E-state index contributed by atoms with van der Waals surface area (Å²) in [5.74, 6) is 0.201. The number of ether oxygens (including phenoxy) is 3. The van der Waals surface area contributed by atoms with E-state index in [1.54, 1.807) is 0 Å². The lowest BCUT2D eigenvalue weighted by molar-refractivity contribution is -0.155. The maximum absolute atomic E-state index is 12.9. The van der Waals surface area contributed by atoms with Crippen LogP contribution in [0.4, 0.5) is 0 Å². The largest absolute Gasteiger partial charge is 0.465 e. The Morgan fingerprint density at radius 1 is 0.569 bits per heavy atom. The molecule has 0 unspecified atom stereocenters. The van der Waals surface area contributed by atoms with Gasteiger partial charge in [0.15, 0.2) is 0 Å². The number of unbranched alkanes of at least 4 members (excludes halogenated alkanes) is 16. The number of carbonyl (C=O) groups excluding carboxylic acids is 3. The number of nitrogens with one attached hydrogen (secondary N) is 1. The molecular weight excluding hydrogens is 638 g/mol. The zero-order valence-corrected chi connectivity index (χ0v) is 34.5. The standard InChI is InChI=1S/C44H83NO6/c1-7-9-11-13-15-17-25-35-49-41(47)43(3,4)31-23-19-21-27-39(51-40(46)37-38-29-33-45-34-30-38)28-22-20-24-32-44(5,6)42(48)50-36-26-18-16-14-12-10-8-2/h38-39,45H,7-37H2,1-6H3. The molecule has 51 heavy (non-hydrogen) atoms. The molecule has 0 atom stereocenters. The molecule has 300 valence electrons. The van der Waals surface area contributed by atoms with Crippen molar-refractivity contribution in [1.82, 2.24) is 5.32 Å². The predicted molar refractivity (Wildman–Crippen MR) is 212 cm³/mol. The first kappa shape index (κ1) is 47.4. The van der Waals surface area contributed by atoms with Crippen molar-refractivity contribution in [3.63, 3.8) is 0 Å². The average molecular weight is 722 g/mol. The van der Waals surface area contributed by atoms with Crippen LogP contribution in [0.1, 0.15) is 215 Å².